The number of rotatable bonds is 3. The Hall–Kier alpha value is -2.62. The van der Waals surface area contributed by atoms with Gasteiger partial charge in [-0.2, -0.15) is 0 Å². The van der Waals surface area contributed by atoms with Crippen LogP contribution in [-0.2, 0) is 11.2 Å². The van der Waals surface area contributed by atoms with E-state index >= 15 is 0 Å². The zero-order valence-corrected chi connectivity index (χ0v) is 13.1. The summed E-state index contributed by atoms with van der Waals surface area (Å²) in [4.78, 5) is 17.7. The van der Waals surface area contributed by atoms with Gasteiger partial charge in [-0.15, -0.1) is 0 Å². The van der Waals surface area contributed by atoms with Gasteiger partial charge in [-0.3, -0.25) is 4.79 Å². The quantitative estimate of drug-likeness (QED) is 0.744. The number of amides is 1. The maximum atomic E-state index is 12.7. The van der Waals surface area contributed by atoms with Gasteiger partial charge < -0.3 is 9.30 Å². The Morgan fingerprint density at radius 3 is 2.61 bits per heavy atom. The number of hydrogen-bond donors (Lipinski definition) is 0. The molecular formula is C19H21N3O. The molecule has 3 rings (SSSR count). The van der Waals surface area contributed by atoms with E-state index in [1.807, 2.05) is 56.4 Å². The van der Waals surface area contributed by atoms with Crippen molar-refractivity contribution in [3.05, 3.63) is 59.4 Å². The molecule has 1 amide bonds. The van der Waals surface area contributed by atoms with E-state index in [1.54, 1.807) is 4.40 Å². The van der Waals surface area contributed by atoms with Gasteiger partial charge in [-0.25, -0.2) is 4.98 Å². The van der Waals surface area contributed by atoms with E-state index in [-0.39, 0.29) is 6.42 Å². The van der Waals surface area contributed by atoms with Gasteiger partial charge in [0, 0.05) is 32.6 Å². The maximum Gasteiger partial charge on any atom is 0.228 e. The summed E-state index contributed by atoms with van der Waals surface area (Å²) in [5.74, 6) is -0.813. The summed E-state index contributed by atoms with van der Waals surface area (Å²) in [6, 6.07) is 11.4. The van der Waals surface area contributed by atoms with Crippen molar-refractivity contribution < 1.29 is 11.6 Å². The Morgan fingerprint density at radius 2 is 1.91 bits per heavy atom. The third-order valence-electron chi connectivity index (χ3n) is 3.78. The highest BCUT2D eigenvalue weighted by Crippen LogP contribution is 2.26. The molecule has 0 saturated carbocycles. The Kier molecular flexibility index (Phi) is 2.61. The van der Waals surface area contributed by atoms with Crippen LogP contribution in [0.15, 0.2) is 42.6 Å². The van der Waals surface area contributed by atoms with Crippen LogP contribution in [-0.4, -0.2) is 34.2 Å². The summed E-state index contributed by atoms with van der Waals surface area (Å²) < 4.78 is 39.2. The highest BCUT2D eigenvalue weighted by molar-refractivity contribution is 5.81. The van der Waals surface area contributed by atoms with Crippen molar-refractivity contribution in [3.63, 3.8) is 0 Å². The van der Waals surface area contributed by atoms with Gasteiger partial charge in [0.25, 0.3) is 0 Å². The van der Waals surface area contributed by atoms with Crippen molar-refractivity contribution in [3.8, 4) is 11.3 Å². The van der Waals surface area contributed by atoms with Crippen molar-refractivity contribution in [1.29, 1.82) is 0 Å². The summed E-state index contributed by atoms with van der Waals surface area (Å²) >= 11 is 0. The fraction of sp³-hybridized carbons (Fsp3) is 0.263. The zero-order valence-electron chi connectivity index (χ0n) is 18.1. The molecule has 2 aromatic heterocycles. The summed E-state index contributed by atoms with van der Waals surface area (Å²) in [5, 5.41) is 0. The fourth-order valence-electron chi connectivity index (χ4n) is 2.54. The van der Waals surface area contributed by atoms with E-state index in [1.165, 1.54) is 0 Å². The van der Waals surface area contributed by atoms with E-state index in [0.29, 0.717) is 21.9 Å². The SMILES string of the molecule is [2H]C([2H])N(C(=O)Cc1c(-c2ccc(C)cc2)nc2ccc(C)cn12)C([2H])([2H])[2H]. The lowest BCUT2D eigenvalue weighted by atomic mass is 10.1. The van der Waals surface area contributed by atoms with Crippen LogP contribution in [0.2, 0.25) is 0 Å². The molecule has 0 atom stereocenters. The standard InChI is InChI=1S/C19H21N3O/c1-13-5-8-15(9-6-13)19-16(11-18(23)21(3)4)22-12-14(2)7-10-17(22)20-19/h5-10,12H,11H2,1-4H3/i3D2,4D3. The molecular weight excluding hydrogens is 286 g/mol. The van der Waals surface area contributed by atoms with Crippen LogP contribution in [0.3, 0.4) is 0 Å². The van der Waals surface area contributed by atoms with Crippen molar-refractivity contribution in [2.75, 3.05) is 14.0 Å². The van der Waals surface area contributed by atoms with Gasteiger partial charge in [0.2, 0.25) is 5.91 Å². The van der Waals surface area contributed by atoms with Gasteiger partial charge in [0.05, 0.1) is 17.8 Å². The number of fused-ring (bicyclic) bond motifs is 1. The van der Waals surface area contributed by atoms with E-state index in [0.717, 1.165) is 16.7 Å². The third-order valence-corrected chi connectivity index (χ3v) is 3.78. The number of aryl methyl sites for hydroxylation is 2. The Balaban J connectivity index is 2.12. The average molecular weight is 312 g/mol. The topological polar surface area (TPSA) is 37.6 Å². The van der Waals surface area contributed by atoms with Crippen LogP contribution in [0.25, 0.3) is 16.9 Å². The predicted molar refractivity (Wildman–Crippen MR) is 92.5 cm³/mol. The molecule has 3 aromatic rings. The minimum atomic E-state index is -2.86. The van der Waals surface area contributed by atoms with Crippen molar-refractivity contribution in [1.82, 2.24) is 14.3 Å². The number of carbonyl (C=O) groups is 1. The number of pyridine rings is 1. The molecule has 0 fully saturated rings. The smallest absolute Gasteiger partial charge is 0.228 e. The van der Waals surface area contributed by atoms with Crippen LogP contribution in [0, 0.1) is 13.8 Å². The largest absolute Gasteiger partial charge is 0.348 e. The van der Waals surface area contributed by atoms with Crippen molar-refractivity contribution in [2.45, 2.75) is 20.3 Å². The van der Waals surface area contributed by atoms with Crippen LogP contribution in [0.1, 0.15) is 23.7 Å². The normalized spacial score (nSPS) is 14.8. The monoisotopic (exact) mass is 312 g/mol. The fourth-order valence-corrected chi connectivity index (χ4v) is 2.54. The first-order valence-electron chi connectivity index (χ1n) is 9.94. The Labute approximate surface area is 143 Å². The van der Waals surface area contributed by atoms with E-state index < -0.39 is 19.9 Å². The number of likely N-dealkylation sites (N-methyl/N-ethyl adjacent to an activating group) is 1. The predicted octanol–water partition coefficient (Wildman–Crippen LogP) is 3.25. The molecule has 0 spiro atoms. The number of hydrogen-bond acceptors (Lipinski definition) is 2. The molecule has 0 unspecified atom stereocenters. The first kappa shape index (κ1) is 10.2. The number of imidazole rings is 1. The summed E-state index contributed by atoms with van der Waals surface area (Å²) in [6.07, 6.45) is 1.56. The second-order valence-corrected chi connectivity index (χ2v) is 5.65. The molecule has 4 heteroatoms. The summed E-state index contributed by atoms with van der Waals surface area (Å²) in [7, 11) is 0. The molecule has 1 aromatic carbocycles. The van der Waals surface area contributed by atoms with Crippen LogP contribution in [0.5, 0.6) is 0 Å². The van der Waals surface area contributed by atoms with Crippen LogP contribution < -0.4 is 0 Å². The van der Waals surface area contributed by atoms with Gasteiger partial charge in [0.1, 0.15) is 5.65 Å². The lowest BCUT2D eigenvalue weighted by molar-refractivity contribution is -0.128. The van der Waals surface area contributed by atoms with Crippen LogP contribution in [0.4, 0.5) is 0 Å². The molecule has 118 valence electrons. The lowest BCUT2D eigenvalue weighted by Gasteiger charge is -2.11. The number of nitrogens with zero attached hydrogens (tertiary/aromatic N) is 3. The zero-order chi connectivity index (χ0) is 20.6. The van der Waals surface area contributed by atoms with E-state index in [9.17, 15) is 4.79 Å². The first-order valence-corrected chi connectivity index (χ1v) is 7.29. The number of aromatic nitrogens is 2. The highest BCUT2D eigenvalue weighted by Gasteiger charge is 2.18. The number of benzene rings is 1. The first-order chi connectivity index (χ1) is 13.1. The van der Waals surface area contributed by atoms with Gasteiger partial charge >= 0.3 is 0 Å². The molecule has 0 aliphatic rings. The maximum absolute atomic E-state index is 12.7. The molecule has 2 heterocycles. The molecule has 0 aliphatic heterocycles. The van der Waals surface area contributed by atoms with Gasteiger partial charge in [0.15, 0.2) is 0 Å². The molecule has 0 N–H and O–H groups in total. The minimum Gasteiger partial charge on any atom is -0.348 e. The molecule has 0 saturated heterocycles. The van der Waals surface area contributed by atoms with Crippen LogP contribution >= 0.6 is 0 Å². The number of carbonyl (C=O) groups excluding carboxylic acids is 1. The third kappa shape index (κ3) is 2.97. The van der Waals surface area contributed by atoms with E-state index in [2.05, 4.69) is 4.98 Å². The van der Waals surface area contributed by atoms with Gasteiger partial charge in [-0.05, 0) is 25.5 Å². The second-order valence-electron chi connectivity index (χ2n) is 5.65. The molecule has 4 nitrogen and oxygen atoms in total. The molecule has 0 aliphatic carbocycles. The average Bonchev–Trinajstić information content (AvgIpc) is 2.91. The molecule has 23 heavy (non-hydrogen) atoms. The Bertz CT molecular complexity index is 1010. The van der Waals surface area contributed by atoms with Crippen molar-refractivity contribution >= 4 is 11.6 Å². The second kappa shape index (κ2) is 5.88. The summed E-state index contributed by atoms with van der Waals surface area (Å²) in [6.45, 7) is -0.901. The Morgan fingerprint density at radius 1 is 1.17 bits per heavy atom. The van der Waals surface area contributed by atoms with E-state index in [4.69, 9.17) is 6.85 Å². The highest BCUT2D eigenvalue weighted by atomic mass is 16.2. The van der Waals surface area contributed by atoms with Gasteiger partial charge in [-0.1, -0.05) is 35.9 Å². The van der Waals surface area contributed by atoms with Crippen molar-refractivity contribution in [2.24, 2.45) is 0 Å². The lowest BCUT2D eigenvalue weighted by Crippen LogP contribution is -2.24. The molecule has 0 radical (unpaired) electrons. The molecule has 0 bridgehead atoms. The summed E-state index contributed by atoms with van der Waals surface area (Å²) in [5.41, 5.74) is 4.60. The minimum absolute atomic E-state index is 0.277.